The minimum Gasteiger partial charge on any atom is -0.494 e. The molecule has 1 N–H and O–H groups in total. The molecule has 0 heterocycles. The van der Waals surface area contributed by atoms with Crippen molar-refractivity contribution in [1.82, 2.24) is 4.90 Å². The lowest BCUT2D eigenvalue weighted by Crippen LogP contribution is -2.39. The van der Waals surface area contributed by atoms with Gasteiger partial charge in [0.25, 0.3) is 0 Å². The highest BCUT2D eigenvalue weighted by Gasteiger charge is 2.34. The summed E-state index contributed by atoms with van der Waals surface area (Å²) in [6, 6.07) is 31.6. The van der Waals surface area contributed by atoms with Gasteiger partial charge in [0.05, 0.1) is 18.6 Å². The van der Waals surface area contributed by atoms with E-state index in [1.165, 1.54) is 12.1 Å². The zero-order valence-corrected chi connectivity index (χ0v) is 23.1. The summed E-state index contributed by atoms with van der Waals surface area (Å²) in [6.07, 6.45) is -3.97. The van der Waals surface area contributed by atoms with Gasteiger partial charge in [-0.05, 0) is 46.9 Å². The van der Waals surface area contributed by atoms with Crippen molar-refractivity contribution in [1.29, 1.82) is 0 Å². The van der Waals surface area contributed by atoms with E-state index in [1.54, 1.807) is 30.3 Å². The van der Waals surface area contributed by atoms with E-state index in [1.807, 2.05) is 65.6 Å². The second-order valence-electron chi connectivity index (χ2n) is 9.86. The van der Waals surface area contributed by atoms with Crippen LogP contribution >= 0.6 is 11.6 Å². The number of benzene rings is 4. The highest BCUT2D eigenvalue weighted by molar-refractivity contribution is 6.26. The quantitative estimate of drug-likeness (QED) is 0.129. The summed E-state index contributed by atoms with van der Waals surface area (Å²) in [5.41, 5.74) is 2.24. The van der Waals surface area contributed by atoms with Gasteiger partial charge in [-0.1, -0.05) is 91.0 Å². The van der Waals surface area contributed by atoms with Crippen LogP contribution in [0.15, 0.2) is 109 Å². The number of carboxylic acid groups (broad SMARTS) is 1. The number of nitrogens with zero attached hydrogens (tertiary/aromatic N) is 1. The van der Waals surface area contributed by atoms with Crippen molar-refractivity contribution in [2.75, 3.05) is 19.7 Å². The summed E-state index contributed by atoms with van der Waals surface area (Å²) >= 11 is 7.42. The van der Waals surface area contributed by atoms with Crippen molar-refractivity contribution in [2.45, 2.75) is 30.4 Å². The molecule has 0 aliphatic carbocycles. The summed E-state index contributed by atoms with van der Waals surface area (Å²) < 4.78 is 46.2. The van der Waals surface area contributed by atoms with Crippen LogP contribution in [0, 0.1) is 0 Å². The van der Waals surface area contributed by atoms with E-state index in [4.69, 9.17) is 21.4 Å². The fourth-order valence-electron chi connectivity index (χ4n) is 4.78. The molecule has 0 aliphatic rings. The fraction of sp³-hybridized carbons (Fsp3) is 0.242. The number of carboxylic acids is 1. The maximum atomic E-state index is 13.4. The van der Waals surface area contributed by atoms with E-state index >= 15 is 0 Å². The lowest BCUT2D eigenvalue weighted by Gasteiger charge is -2.35. The number of ether oxygens (including phenoxy) is 1. The Morgan fingerprint density at radius 2 is 1.37 bits per heavy atom. The molecule has 8 heteroatoms. The number of halogens is 4. The van der Waals surface area contributed by atoms with Crippen molar-refractivity contribution in [2.24, 2.45) is 0 Å². The average molecular weight is 582 g/mol. The molecule has 0 bridgehead atoms. The average Bonchev–Trinajstić information content (AvgIpc) is 2.96. The molecule has 0 aromatic heterocycles. The van der Waals surface area contributed by atoms with Crippen molar-refractivity contribution in [3.05, 3.63) is 137 Å². The van der Waals surface area contributed by atoms with Crippen LogP contribution in [0.4, 0.5) is 13.2 Å². The summed E-state index contributed by atoms with van der Waals surface area (Å²) in [5, 5.41) is 9.05. The van der Waals surface area contributed by atoms with Gasteiger partial charge < -0.3 is 9.84 Å². The third-order valence-electron chi connectivity index (χ3n) is 6.71. The van der Waals surface area contributed by atoms with Crippen LogP contribution < -0.4 is 4.74 Å². The number of hydrogen-bond acceptors (Lipinski definition) is 3. The van der Waals surface area contributed by atoms with E-state index in [9.17, 15) is 18.0 Å². The summed E-state index contributed by atoms with van der Waals surface area (Å²) in [6.45, 7) is 1.43. The number of rotatable bonds is 13. The molecule has 0 unspecified atom stereocenters. The van der Waals surface area contributed by atoms with Gasteiger partial charge >= 0.3 is 12.1 Å². The largest absolute Gasteiger partial charge is 0.494 e. The van der Waals surface area contributed by atoms with E-state index in [-0.39, 0.29) is 13.0 Å². The number of aliphatic carboxylic acids is 1. The van der Waals surface area contributed by atoms with E-state index in [0.717, 1.165) is 17.2 Å². The van der Waals surface area contributed by atoms with Crippen LogP contribution in [0.3, 0.4) is 0 Å². The van der Waals surface area contributed by atoms with Crippen molar-refractivity contribution >= 4 is 17.6 Å². The van der Waals surface area contributed by atoms with Crippen LogP contribution in [0.2, 0.25) is 0 Å². The first kappa shape index (κ1) is 30.2. The van der Waals surface area contributed by atoms with Crippen LogP contribution in [0.25, 0.3) is 0 Å². The monoisotopic (exact) mass is 581 g/mol. The Bertz CT molecular complexity index is 1370. The maximum Gasteiger partial charge on any atom is 0.416 e. The maximum absolute atomic E-state index is 13.4. The molecule has 4 nitrogen and oxygen atoms in total. The van der Waals surface area contributed by atoms with E-state index in [0.29, 0.717) is 43.0 Å². The van der Waals surface area contributed by atoms with Gasteiger partial charge in [-0.15, -0.1) is 11.6 Å². The van der Waals surface area contributed by atoms with Gasteiger partial charge in [0.1, 0.15) is 10.6 Å². The predicted octanol–water partition coefficient (Wildman–Crippen LogP) is 7.79. The molecule has 0 spiro atoms. The van der Waals surface area contributed by atoms with Crippen LogP contribution in [0.1, 0.15) is 34.2 Å². The summed E-state index contributed by atoms with van der Waals surface area (Å²) in [4.78, 5) is 12.1. The molecular formula is C33H31ClF3NO3. The molecule has 0 fully saturated rings. The van der Waals surface area contributed by atoms with Gasteiger partial charge in [-0.2, -0.15) is 13.2 Å². The van der Waals surface area contributed by atoms with Crippen LogP contribution in [-0.4, -0.2) is 35.7 Å². The topological polar surface area (TPSA) is 49.8 Å². The minimum absolute atomic E-state index is 0.0985. The normalized spacial score (nSPS) is 11.9. The van der Waals surface area contributed by atoms with Crippen molar-refractivity contribution < 1.29 is 27.8 Å². The van der Waals surface area contributed by atoms with Gasteiger partial charge in [0.2, 0.25) is 0 Å². The van der Waals surface area contributed by atoms with Gasteiger partial charge in [0, 0.05) is 19.6 Å². The van der Waals surface area contributed by atoms with E-state index < -0.39 is 22.6 Å². The van der Waals surface area contributed by atoms with Gasteiger partial charge in [0.15, 0.2) is 0 Å². The Hall–Kier alpha value is -3.81. The van der Waals surface area contributed by atoms with Crippen LogP contribution in [0.5, 0.6) is 5.75 Å². The molecule has 0 radical (unpaired) electrons. The summed E-state index contributed by atoms with van der Waals surface area (Å²) in [5.74, 6) is -0.359. The number of carbonyl (C=O) groups is 1. The Morgan fingerprint density at radius 1 is 0.780 bits per heavy atom. The highest BCUT2D eigenvalue weighted by atomic mass is 35.5. The summed E-state index contributed by atoms with van der Waals surface area (Å²) in [7, 11) is 0. The molecule has 0 saturated carbocycles. The lowest BCUT2D eigenvalue weighted by molar-refractivity contribution is -0.138. The first-order chi connectivity index (χ1) is 19.6. The lowest BCUT2D eigenvalue weighted by atomic mass is 9.89. The van der Waals surface area contributed by atoms with Crippen molar-refractivity contribution in [3.63, 3.8) is 0 Å². The smallest absolute Gasteiger partial charge is 0.416 e. The zero-order chi connectivity index (χ0) is 29.3. The SMILES string of the molecule is O=C(O)Cc1cccc(OCCCN(Cc2cccc(C(F)(F)F)c2)CC(Cl)(c2ccccc2)c2ccccc2)c1. The van der Waals surface area contributed by atoms with Gasteiger partial charge in [-0.3, -0.25) is 9.69 Å². The minimum atomic E-state index is -4.44. The molecule has 0 amide bonds. The standard InChI is InChI=1S/C33H31ClF3NO3/c34-32(27-12-3-1-4-13-27,28-14-5-2-6-15-28)24-38(23-26-11-7-16-29(20-26)33(35,36)37)18-9-19-41-30-17-8-10-25(21-30)22-31(39)40/h1-8,10-17,20-21H,9,18-19,22-24H2,(H,39,40). The highest BCUT2D eigenvalue weighted by Crippen LogP contribution is 2.38. The molecule has 41 heavy (non-hydrogen) atoms. The second kappa shape index (κ2) is 13.7. The Kier molecular flexibility index (Phi) is 10.1. The first-order valence-electron chi connectivity index (χ1n) is 13.3. The van der Waals surface area contributed by atoms with E-state index in [2.05, 4.69) is 0 Å². The van der Waals surface area contributed by atoms with Crippen molar-refractivity contribution in [3.8, 4) is 5.75 Å². The molecule has 4 rings (SSSR count). The Labute approximate surface area is 243 Å². The molecule has 4 aromatic rings. The third-order valence-corrected chi connectivity index (χ3v) is 7.26. The molecule has 0 saturated heterocycles. The fourth-order valence-corrected chi connectivity index (χ4v) is 5.20. The first-order valence-corrected chi connectivity index (χ1v) is 13.6. The van der Waals surface area contributed by atoms with Gasteiger partial charge in [-0.25, -0.2) is 0 Å². The Balaban J connectivity index is 1.55. The number of hydrogen-bond donors (Lipinski definition) is 1. The van der Waals surface area contributed by atoms with Crippen LogP contribution in [-0.2, 0) is 28.8 Å². The zero-order valence-electron chi connectivity index (χ0n) is 22.4. The third kappa shape index (κ3) is 8.59. The molecular weight excluding hydrogens is 551 g/mol. The molecule has 0 atom stereocenters. The molecule has 214 valence electrons. The molecule has 4 aromatic carbocycles. The Morgan fingerprint density at radius 3 is 1.98 bits per heavy atom. The predicted molar refractivity (Wildman–Crippen MR) is 154 cm³/mol. The second-order valence-corrected chi connectivity index (χ2v) is 10.5. The molecule has 0 aliphatic heterocycles. The number of alkyl halides is 4.